The highest BCUT2D eigenvalue weighted by Crippen LogP contribution is 2.38. The van der Waals surface area contributed by atoms with E-state index in [2.05, 4.69) is 4.98 Å². The first-order chi connectivity index (χ1) is 9.74. The van der Waals surface area contributed by atoms with Crippen LogP contribution in [0.5, 0.6) is 0 Å². The molecule has 0 aliphatic carbocycles. The molecular formula is C15H13FN2OS. The molecule has 0 spiro atoms. The molecule has 1 amide bonds. The molecule has 3 nitrogen and oxygen atoms in total. The maximum Gasteiger partial charge on any atom is 0.234 e. The van der Waals surface area contributed by atoms with Crippen molar-refractivity contribution in [1.82, 2.24) is 9.88 Å². The number of rotatable bonds is 3. The third kappa shape index (κ3) is 2.67. The third-order valence-electron chi connectivity index (χ3n) is 3.18. The Morgan fingerprint density at radius 1 is 1.25 bits per heavy atom. The topological polar surface area (TPSA) is 33.2 Å². The zero-order valence-corrected chi connectivity index (χ0v) is 11.5. The van der Waals surface area contributed by atoms with Crippen molar-refractivity contribution in [3.05, 3.63) is 65.7 Å². The minimum absolute atomic E-state index is 0.0613. The lowest BCUT2D eigenvalue weighted by molar-refractivity contribution is -0.128. The van der Waals surface area contributed by atoms with Crippen LogP contribution in [0.3, 0.4) is 0 Å². The summed E-state index contributed by atoms with van der Waals surface area (Å²) < 4.78 is 12.9. The lowest BCUT2D eigenvalue weighted by Crippen LogP contribution is -2.28. The van der Waals surface area contributed by atoms with Crippen molar-refractivity contribution in [2.75, 3.05) is 5.75 Å². The average molecular weight is 288 g/mol. The SMILES string of the molecule is O=C1CS[C@@H](c2ccccn2)N1Cc1ccc(F)cc1. The molecule has 3 rings (SSSR count). The maximum absolute atomic E-state index is 12.9. The van der Waals surface area contributed by atoms with Gasteiger partial charge in [0.2, 0.25) is 5.91 Å². The molecule has 0 saturated carbocycles. The van der Waals surface area contributed by atoms with Crippen molar-refractivity contribution in [3.8, 4) is 0 Å². The van der Waals surface area contributed by atoms with Crippen molar-refractivity contribution in [3.63, 3.8) is 0 Å². The summed E-state index contributed by atoms with van der Waals surface area (Å²) in [5.41, 5.74) is 1.80. The summed E-state index contributed by atoms with van der Waals surface area (Å²) in [4.78, 5) is 18.2. The van der Waals surface area contributed by atoms with Crippen molar-refractivity contribution < 1.29 is 9.18 Å². The van der Waals surface area contributed by atoms with E-state index in [4.69, 9.17) is 0 Å². The highest BCUT2D eigenvalue weighted by molar-refractivity contribution is 8.00. The lowest BCUT2D eigenvalue weighted by Gasteiger charge is -2.23. The largest absolute Gasteiger partial charge is 0.320 e. The van der Waals surface area contributed by atoms with Gasteiger partial charge in [-0.2, -0.15) is 0 Å². The Labute approximate surface area is 120 Å². The molecule has 1 saturated heterocycles. The zero-order valence-electron chi connectivity index (χ0n) is 10.7. The minimum Gasteiger partial charge on any atom is -0.320 e. The second-order valence-electron chi connectivity index (χ2n) is 4.57. The number of hydrogen-bond acceptors (Lipinski definition) is 3. The van der Waals surface area contributed by atoms with Gasteiger partial charge in [0, 0.05) is 12.7 Å². The molecule has 0 bridgehead atoms. The van der Waals surface area contributed by atoms with Crippen LogP contribution >= 0.6 is 11.8 Å². The van der Waals surface area contributed by atoms with E-state index in [0.717, 1.165) is 11.3 Å². The van der Waals surface area contributed by atoms with Crippen LogP contribution in [0.1, 0.15) is 16.6 Å². The number of halogens is 1. The molecule has 2 aromatic rings. The number of carbonyl (C=O) groups excluding carboxylic acids is 1. The first-order valence-electron chi connectivity index (χ1n) is 6.30. The average Bonchev–Trinajstić information content (AvgIpc) is 2.84. The maximum atomic E-state index is 12.9. The van der Waals surface area contributed by atoms with Crippen LogP contribution in [0.4, 0.5) is 4.39 Å². The fourth-order valence-electron chi connectivity index (χ4n) is 2.18. The molecule has 1 aromatic heterocycles. The molecular weight excluding hydrogens is 275 g/mol. The molecule has 1 aliphatic heterocycles. The van der Waals surface area contributed by atoms with Gasteiger partial charge in [-0.05, 0) is 29.8 Å². The summed E-state index contributed by atoms with van der Waals surface area (Å²) >= 11 is 1.57. The summed E-state index contributed by atoms with van der Waals surface area (Å²) in [5.74, 6) is 0.287. The molecule has 1 fully saturated rings. The second-order valence-corrected chi connectivity index (χ2v) is 5.63. The number of nitrogens with zero attached hydrogens (tertiary/aromatic N) is 2. The van der Waals surface area contributed by atoms with Crippen LogP contribution in [0.2, 0.25) is 0 Å². The molecule has 1 aliphatic rings. The quantitative estimate of drug-likeness (QED) is 0.870. The molecule has 0 unspecified atom stereocenters. The van der Waals surface area contributed by atoms with Gasteiger partial charge in [0.05, 0.1) is 11.4 Å². The van der Waals surface area contributed by atoms with Crippen molar-refractivity contribution >= 4 is 17.7 Å². The molecule has 0 radical (unpaired) electrons. The Kier molecular flexibility index (Phi) is 3.69. The van der Waals surface area contributed by atoms with Gasteiger partial charge in [-0.15, -0.1) is 11.8 Å². The molecule has 20 heavy (non-hydrogen) atoms. The summed E-state index contributed by atoms with van der Waals surface area (Å²) in [5, 5.41) is -0.0613. The van der Waals surface area contributed by atoms with Gasteiger partial charge < -0.3 is 4.90 Å². The van der Waals surface area contributed by atoms with Gasteiger partial charge in [0.25, 0.3) is 0 Å². The summed E-state index contributed by atoms with van der Waals surface area (Å²) in [6, 6.07) is 11.9. The van der Waals surface area contributed by atoms with Crippen molar-refractivity contribution in [1.29, 1.82) is 0 Å². The smallest absolute Gasteiger partial charge is 0.234 e. The summed E-state index contributed by atoms with van der Waals surface area (Å²) in [6.07, 6.45) is 1.73. The molecule has 5 heteroatoms. The van der Waals surface area contributed by atoms with E-state index in [9.17, 15) is 9.18 Å². The summed E-state index contributed by atoms with van der Waals surface area (Å²) in [7, 11) is 0. The van der Waals surface area contributed by atoms with Crippen LogP contribution in [0.25, 0.3) is 0 Å². The number of aromatic nitrogens is 1. The predicted octanol–water partition coefficient (Wildman–Crippen LogP) is 2.99. The molecule has 1 aromatic carbocycles. The number of carbonyl (C=O) groups is 1. The molecule has 2 heterocycles. The summed E-state index contributed by atoms with van der Waals surface area (Å²) in [6.45, 7) is 0.480. The minimum atomic E-state index is -0.267. The number of thioether (sulfide) groups is 1. The van der Waals surface area contributed by atoms with Crippen LogP contribution in [0.15, 0.2) is 48.7 Å². The van der Waals surface area contributed by atoms with Gasteiger partial charge in [-0.1, -0.05) is 18.2 Å². The van der Waals surface area contributed by atoms with E-state index in [1.54, 1.807) is 35.0 Å². The van der Waals surface area contributed by atoms with Gasteiger partial charge in [0.1, 0.15) is 11.2 Å². The molecule has 102 valence electrons. The van der Waals surface area contributed by atoms with Crippen LogP contribution < -0.4 is 0 Å². The fourth-order valence-corrected chi connectivity index (χ4v) is 3.33. The van der Waals surface area contributed by atoms with Gasteiger partial charge >= 0.3 is 0 Å². The Hall–Kier alpha value is -1.88. The first kappa shape index (κ1) is 13.1. The fraction of sp³-hybridized carbons (Fsp3) is 0.200. The number of amides is 1. The highest BCUT2D eigenvalue weighted by atomic mass is 32.2. The highest BCUT2D eigenvalue weighted by Gasteiger charge is 2.33. The van der Waals surface area contributed by atoms with Crippen LogP contribution in [-0.4, -0.2) is 21.5 Å². The molecule has 1 atom stereocenters. The lowest BCUT2D eigenvalue weighted by atomic mass is 10.2. The van der Waals surface area contributed by atoms with Crippen molar-refractivity contribution in [2.45, 2.75) is 11.9 Å². The Morgan fingerprint density at radius 2 is 2.05 bits per heavy atom. The Bertz CT molecular complexity index is 603. The normalized spacial score (nSPS) is 18.6. The number of pyridine rings is 1. The Morgan fingerprint density at radius 3 is 2.75 bits per heavy atom. The Balaban J connectivity index is 1.82. The van der Waals surface area contributed by atoms with Crippen molar-refractivity contribution in [2.24, 2.45) is 0 Å². The molecule has 0 N–H and O–H groups in total. The van der Waals surface area contributed by atoms with Gasteiger partial charge in [-0.3, -0.25) is 9.78 Å². The number of benzene rings is 1. The predicted molar refractivity (Wildman–Crippen MR) is 76.4 cm³/mol. The standard InChI is InChI=1S/C15H13FN2OS/c16-12-6-4-11(5-7-12)9-18-14(19)10-20-15(18)13-3-1-2-8-17-13/h1-8,15H,9-10H2/t15-/m0/s1. The van der Waals surface area contributed by atoms with E-state index >= 15 is 0 Å². The van der Waals surface area contributed by atoms with E-state index in [1.807, 2.05) is 18.2 Å². The van der Waals surface area contributed by atoms with E-state index in [0.29, 0.717) is 12.3 Å². The monoisotopic (exact) mass is 288 g/mol. The van der Waals surface area contributed by atoms with E-state index in [1.165, 1.54) is 12.1 Å². The zero-order chi connectivity index (χ0) is 13.9. The van der Waals surface area contributed by atoms with E-state index in [-0.39, 0.29) is 17.1 Å². The van der Waals surface area contributed by atoms with E-state index < -0.39 is 0 Å². The van der Waals surface area contributed by atoms with Gasteiger partial charge in [-0.25, -0.2) is 4.39 Å². The van der Waals surface area contributed by atoms with Crippen LogP contribution in [-0.2, 0) is 11.3 Å². The number of hydrogen-bond donors (Lipinski definition) is 0. The third-order valence-corrected chi connectivity index (χ3v) is 4.40. The first-order valence-corrected chi connectivity index (χ1v) is 7.35. The van der Waals surface area contributed by atoms with Gasteiger partial charge in [0.15, 0.2) is 0 Å². The second kappa shape index (κ2) is 5.63. The van der Waals surface area contributed by atoms with Crippen LogP contribution in [0, 0.1) is 5.82 Å².